The molecule has 1 amide bonds. The number of hydrogen-bond donors (Lipinski definition) is 2. The molecular formula is C30H33N2O9. The number of phenolic OH excluding ortho intramolecular Hbond substituents is 1. The SMILES string of the molecule is COc1cc([C@@H]2c3cc4c(cc3[C@@H](NC(=O)C3=CC(C)(C)N([O])C3(C)C)C3COC(=O)[C@@H]32)OCO4)cc(OC)c1O. The zero-order valence-electron chi connectivity index (χ0n) is 23.8. The predicted octanol–water partition coefficient (Wildman–Crippen LogP) is 3.37. The molecule has 4 aliphatic rings. The van der Waals surface area contributed by atoms with Gasteiger partial charge in [-0.1, -0.05) is 6.08 Å². The van der Waals surface area contributed by atoms with Gasteiger partial charge < -0.3 is 34.1 Å². The van der Waals surface area contributed by atoms with Crippen molar-refractivity contribution in [3.05, 3.63) is 52.6 Å². The first-order chi connectivity index (χ1) is 19.4. The molecule has 217 valence electrons. The number of cyclic esters (lactones) is 1. The minimum Gasteiger partial charge on any atom is -0.502 e. The van der Waals surface area contributed by atoms with E-state index in [0.717, 1.165) is 16.2 Å². The second kappa shape index (κ2) is 9.28. The molecule has 41 heavy (non-hydrogen) atoms. The molecule has 1 unspecified atom stereocenters. The predicted molar refractivity (Wildman–Crippen MR) is 143 cm³/mol. The lowest BCUT2D eigenvalue weighted by atomic mass is 9.65. The molecule has 1 fully saturated rings. The minimum absolute atomic E-state index is 0.0468. The lowest BCUT2D eigenvalue weighted by Gasteiger charge is -2.40. The van der Waals surface area contributed by atoms with Gasteiger partial charge in [0.15, 0.2) is 23.0 Å². The second-order valence-electron chi connectivity index (χ2n) is 11.9. The quantitative estimate of drug-likeness (QED) is 0.523. The molecule has 11 nitrogen and oxygen atoms in total. The van der Waals surface area contributed by atoms with Crippen molar-refractivity contribution in [2.75, 3.05) is 27.6 Å². The normalized spacial score (nSPS) is 27.0. The Balaban J connectivity index is 1.50. The Kier molecular flexibility index (Phi) is 6.16. The molecule has 0 spiro atoms. The van der Waals surface area contributed by atoms with Crippen molar-refractivity contribution in [2.45, 2.75) is 50.7 Å². The fraction of sp³-hybridized carbons (Fsp3) is 0.467. The van der Waals surface area contributed by atoms with Gasteiger partial charge in [-0.25, -0.2) is 0 Å². The summed E-state index contributed by atoms with van der Waals surface area (Å²) in [7, 11) is 2.87. The second-order valence-corrected chi connectivity index (χ2v) is 11.9. The topological polar surface area (TPSA) is 136 Å². The fourth-order valence-electron chi connectivity index (χ4n) is 6.82. The van der Waals surface area contributed by atoms with Crippen molar-refractivity contribution in [3.8, 4) is 28.7 Å². The summed E-state index contributed by atoms with van der Waals surface area (Å²) in [5.41, 5.74) is 0.593. The van der Waals surface area contributed by atoms with Gasteiger partial charge in [0.05, 0.1) is 43.9 Å². The number of nitrogens with one attached hydrogen (secondary N) is 1. The lowest BCUT2D eigenvalue weighted by molar-refractivity contribution is -0.238. The molecule has 2 aromatic rings. The first kappa shape index (κ1) is 27.2. The average Bonchev–Trinajstić information content (AvgIpc) is 3.60. The summed E-state index contributed by atoms with van der Waals surface area (Å²) in [6, 6.07) is 6.39. The number of carbonyl (C=O) groups is 2. The average molecular weight is 566 g/mol. The number of fused-ring (bicyclic) bond motifs is 3. The van der Waals surface area contributed by atoms with Crippen LogP contribution in [0.25, 0.3) is 0 Å². The third-order valence-corrected chi connectivity index (χ3v) is 8.77. The summed E-state index contributed by atoms with van der Waals surface area (Å²) >= 11 is 0. The Bertz CT molecular complexity index is 1460. The molecule has 4 atom stereocenters. The van der Waals surface area contributed by atoms with Crippen LogP contribution in [0, 0.1) is 11.8 Å². The highest BCUT2D eigenvalue weighted by molar-refractivity contribution is 5.97. The van der Waals surface area contributed by atoms with Crippen molar-refractivity contribution in [1.29, 1.82) is 0 Å². The molecular weight excluding hydrogens is 532 g/mol. The zero-order chi connectivity index (χ0) is 29.4. The van der Waals surface area contributed by atoms with E-state index in [1.807, 2.05) is 12.1 Å². The molecule has 3 heterocycles. The van der Waals surface area contributed by atoms with Gasteiger partial charge in [0.1, 0.15) is 0 Å². The third-order valence-electron chi connectivity index (χ3n) is 8.77. The molecule has 2 N–H and O–H groups in total. The van der Waals surface area contributed by atoms with Crippen LogP contribution in [0.15, 0.2) is 35.9 Å². The molecule has 1 radical (unpaired) electrons. The van der Waals surface area contributed by atoms with Crippen LogP contribution >= 0.6 is 0 Å². The van der Waals surface area contributed by atoms with E-state index in [1.54, 1.807) is 45.9 Å². The van der Waals surface area contributed by atoms with Crippen LogP contribution in [0.1, 0.15) is 56.3 Å². The van der Waals surface area contributed by atoms with Crippen LogP contribution in [0.2, 0.25) is 0 Å². The van der Waals surface area contributed by atoms with E-state index in [-0.39, 0.29) is 36.6 Å². The number of carbonyl (C=O) groups excluding carboxylic acids is 2. The Morgan fingerprint density at radius 1 is 1.00 bits per heavy atom. The largest absolute Gasteiger partial charge is 0.502 e. The Morgan fingerprint density at radius 3 is 2.17 bits per heavy atom. The fourth-order valence-corrected chi connectivity index (χ4v) is 6.82. The zero-order valence-corrected chi connectivity index (χ0v) is 23.8. The summed E-state index contributed by atoms with van der Waals surface area (Å²) in [6.45, 7) is 7.11. The standard InChI is InChI=1S/C30H33N2O9/c1-29(2)11-18(30(3,4)32(29)36)27(34)31-25-16-10-20-19(40-13-41-20)9-15(16)23(24-17(25)12-39-28(24)35)14-7-21(37-5)26(33)22(8-14)38-6/h7-11,17,23-25,33H,12-13H2,1-6H3,(H,31,34)/t17?,23-,24+,25-/m1/s1. The van der Waals surface area contributed by atoms with E-state index in [9.17, 15) is 19.9 Å². The van der Waals surface area contributed by atoms with Gasteiger partial charge in [-0.2, -0.15) is 0 Å². The van der Waals surface area contributed by atoms with Gasteiger partial charge in [-0.15, -0.1) is 10.3 Å². The van der Waals surface area contributed by atoms with E-state index in [2.05, 4.69) is 5.32 Å². The number of phenols is 1. The van der Waals surface area contributed by atoms with E-state index in [0.29, 0.717) is 22.6 Å². The summed E-state index contributed by atoms with van der Waals surface area (Å²) in [5, 5.41) is 27.6. The Morgan fingerprint density at radius 2 is 1.61 bits per heavy atom. The number of hydrogen-bond acceptors (Lipinski definition) is 9. The van der Waals surface area contributed by atoms with Crippen LogP contribution in [0.3, 0.4) is 0 Å². The van der Waals surface area contributed by atoms with Crippen LogP contribution in [-0.4, -0.2) is 60.7 Å². The van der Waals surface area contributed by atoms with Crippen LogP contribution in [-0.2, 0) is 19.5 Å². The first-order valence-corrected chi connectivity index (χ1v) is 13.5. The number of nitrogens with zero attached hydrogens (tertiary/aromatic N) is 1. The van der Waals surface area contributed by atoms with Gasteiger partial charge in [-0.3, -0.25) is 9.59 Å². The Labute approximate surface area is 237 Å². The van der Waals surface area contributed by atoms with Crippen molar-refractivity contribution < 1.29 is 43.6 Å². The van der Waals surface area contributed by atoms with Crippen molar-refractivity contribution in [3.63, 3.8) is 0 Å². The maximum Gasteiger partial charge on any atom is 0.310 e. The number of ether oxygens (including phenoxy) is 5. The van der Waals surface area contributed by atoms with E-state index in [4.69, 9.17) is 23.7 Å². The highest BCUT2D eigenvalue weighted by Gasteiger charge is 2.54. The van der Waals surface area contributed by atoms with Crippen molar-refractivity contribution >= 4 is 11.9 Å². The minimum atomic E-state index is -1.05. The molecule has 3 aliphatic heterocycles. The van der Waals surface area contributed by atoms with Gasteiger partial charge >= 0.3 is 5.97 Å². The molecule has 6 rings (SSSR count). The number of aromatic hydroxyl groups is 1. The first-order valence-electron chi connectivity index (χ1n) is 13.5. The highest BCUT2D eigenvalue weighted by Crippen LogP contribution is 2.55. The van der Waals surface area contributed by atoms with E-state index >= 15 is 0 Å². The lowest BCUT2D eigenvalue weighted by Crippen LogP contribution is -2.50. The Hall–Kier alpha value is -3.96. The molecule has 0 aromatic heterocycles. The maximum atomic E-state index is 13.8. The number of amides is 1. The van der Waals surface area contributed by atoms with Crippen LogP contribution in [0.5, 0.6) is 28.7 Å². The van der Waals surface area contributed by atoms with Crippen LogP contribution in [0.4, 0.5) is 0 Å². The number of benzene rings is 2. The van der Waals surface area contributed by atoms with Crippen molar-refractivity contribution in [1.82, 2.24) is 10.4 Å². The molecule has 0 saturated carbocycles. The molecule has 1 aliphatic carbocycles. The maximum absolute atomic E-state index is 13.8. The number of hydroxylamine groups is 2. The van der Waals surface area contributed by atoms with E-state index in [1.165, 1.54) is 14.2 Å². The summed E-state index contributed by atoms with van der Waals surface area (Å²) < 4.78 is 27.8. The molecule has 0 bridgehead atoms. The highest BCUT2D eigenvalue weighted by atomic mass is 16.7. The third kappa shape index (κ3) is 4.01. The van der Waals surface area contributed by atoms with Gasteiger partial charge in [-0.05, 0) is 68.7 Å². The van der Waals surface area contributed by atoms with Crippen molar-refractivity contribution in [2.24, 2.45) is 11.8 Å². The molecule has 1 saturated heterocycles. The number of rotatable bonds is 5. The summed E-state index contributed by atoms with van der Waals surface area (Å²) in [6.07, 6.45) is 1.70. The van der Waals surface area contributed by atoms with Gasteiger partial charge in [0, 0.05) is 17.4 Å². The number of methoxy groups -OCH3 is 2. The van der Waals surface area contributed by atoms with E-state index < -0.39 is 40.8 Å². The van der Waals surface area contributed by atoms with Gasteiger partial charge in [0.2, 0.25) is 18.4 Å². The monoisotopic (exact) mass is 565 g/mol. The molecule has 11 heteroatoms. The number of esters is 1. The summed E-state index contributed by atoms with van der Waals surface area (Å²) in [5.74, 6) is -1.15. The smallest absolute Gasteiger partial charge is 0.310 e. The summed E-state index contributed by atoms with van der Waals surface area (Å²) in [4.78, 5) is 27.2. The van der Waals surface area contributed by atoms with Gasteiger partial charge in [0.25, 0.3) is 0 Å². The molecule has 2 aromatic carbocycles. The van der Waals surface area contributed by atoms with Crippen LogP contribution < -0.4 is 24.3 Å².